The topological polar surface area (TPSA) is 69.0 Å². The molecule has 3 aromatic rings. The average molecular weight is 397 g/mol. The number of nitrogens with one attached hydrogen (secondary N) is 1. The number of amides is 1. The van der Waals surface area contributed by atoms with Gasteiger partial charge in [-0.25, -0.2) is 0 Å². The molecule has 0 radical (unpaired) electrons. The number of carbonyl (C=O) groups excluding carboxylic acids is 1. The molecule has 0 aliphatic carbocycles. The van der Waals surface area contributed by atoms with E-state index in [0.717, 1.165) is 17.0 Å². The molecule has 0 bridgehead atoms. The predicted molar refractivity (Wildman–Crippen MR) is 112 cm³/mol. The first kappa shape index (κ1) is 19.9. The summed E-state index contributed by atoms with van der Waals surface area (Å²) in [7, 11) is 1.64. The lowest BCUT2D eigenvalue weighted by atomic mass is 10.2. The summed E-state index contributed by atoms with van der Waals surface area (Å²) in [5.74, 6) is 1.48. The monoisotopic (exact) mass is 396 g/mol. The Morgan fingerprint density at radius 3 is 2.32 bits per heavy atom. The van der Waals surface area contributed by atoms with Crippen molar-refractivity contribution in [3.05, 3.63) is 54.6 Å². The summed E-state index contributed by atoms with van der Waals surface area (Å²) >= 11 is 1.39. The number of methoxy groups -OCH3 is 1. The fourth-order valence-electron chi connectivity index (χ4n) is 2.70. The normalized spacial score (nSPS) is 12.0. The first-order valence-electron chi connectivity index (χ1n) is 9.12. The van der Waals surface area contributed by atoms with Gasteiger partial charge in [0, 0.05) is 17.3 Å². The molecule has 28 heavy (non-hydrogen) atoms. The van der Waals surface area contributed by atoms with Crippen LogP contribution in [0.1, 0.15) is 20.8 Å². The third-order valence-electron chi connectivity index (χ3n) is 4.08. The molecule has 2 aromatic carbocycles. The Hall–Kier alpha value is -2.80. The quantitative estimate of drug-likeness (QED) is 0.613. The van der Waals surface area contributed by atoms with Crippen LogP contribution in [0.25, 0.3) is 17.1 Å². The smallest absolute Gasteiger partial charge is 0.233 e. The summed E-state index contributed by atoms with van der Waals surface area (Å²) in [6.07, 6.45) is 0. The molecule has 0 fully saturated rings. The number of para-hydroxylation sites is 1. The van der Waals surface area contributed by atoms with Crippen molar-refractivity contribution in [3.63, 3.8) is 0 Å². The summed E-state index contributed by atoms with van der Waals surface area (Å²) < 4.78 is 7.22. The van der Waals surface area contributed by atoms with E-state index in [1.165, 1.54) is 11.8 Å². The molecule has 0 aliphatic heterocycles. The van der Waals surface area contributed by atoms with E-state index in [4.69, 9.17) is 4.74 Å². The van der Waals surface area contributed by atoms with Crippen LogP contribution in [0.15, 0.2) is 59.8 Å². The van der Waals surface area contributed by atoms with E-state index in [0.29, 0.717) is 11.0 Å². The lowest BCUT2D eigenvalue weighted by Crippen LogP contribution is -2.36. The Morgan fingerprint density at radius 1 is 1.04 bits per heavy atom. The molecule has 7 heteroatoms. The van der Waals surface area contributed by atoms with E-state index in [9.17, 15) is 4.79 Å². The minimum atomic E-state index is -0.294. The zero-order valence-corrected chi connectivity index (χ0v) is 17.2. The van der Waals surface area contributed by atoms with Crippen LogP contribution in [-0.4, -0.2) is 39.1 Å². The van der Waals surface area contributed by atoms with Gasteiger partial charge in [0.15, 0.2) is 11.0 Å². The number of nitrogens with zero attached hydrogens (tertiary/aromatic N) is 3. The highest BCUT2D eigenvalue weighted by atomic mass is 32.2. The van der Waals surface area contributed by atoms with E-state index in [1.807, 2.05) is 79.9 Å². The summed E-state index contributed by atoms with van der Waals surface area (Å²) in [4.78, 5) is 12.3. The maximum Gasteiger partial charge on any atom is 0.233 e. The Bertz CT molecular complexity index is 923. The molecular formula is C21H24N4O2S. The molecule has 1 aromatic heterocycles. The van der Waals surface area contributed by atoms with Gasteiger partial charge in [-0.3, -0.25) is 9.36 Å². The zero-order valence-electron chi connectivity index (χ0n) is 16.4. The van der Waals surface area contributed by atoms with Gasteiger partial charge in [0.05, 0.1) is 12.4 Å². The largest absolute Gasteiger partial charge is 0.497 e. The van der Waals surface area contributed by atoms with Crippen LogP contribution in [0.4, 0.5) is 0 Å². The van der Waals surface area contributed by atoms with Gasteiger partial charge in [-0.1, -0.05) is 30.0 Å². The van der Waals surface area contributed by atoms with E-state index in [-0.39, 0.29) is 17.2 Å². The zero-order chi connectivity index (χ0) is 20.1. The molecule has 1 N–H and O–H groups in total. The van der Waals surface area contributed by atoms with E-state index < -0.39 is 0 Å². The first-order chi connectivity index (χ1) is 13.5. The van der Waals surface area contributed by atoms with Crippen molar-refractivity contribution in [2.24, 2.45) is 0 Å². The van der Waals surface area contributed by atoms with Crippen LogP contribution < -0.4 is 10.1 Å². The van der Waals surface area contributed by atoms with Crippen LogP contribution in [0.5, 0.6) is 5.75 Å². The van der Waals surface area contributed by atoms with E-state index >= 15 is 0 Å². The minimum absolute atomic E-state index is 0.0198. The van der Waals surface area contributed by atoms with Crippen molar-refractivity contribution in [2.45, 2.75) is 37.2 Å². The van der Waals surface area contributed by atoms with Gasteiger partial charge >= 0.3 is 0 Å². The summed E-state index contributed by atoms with van der Waals surface area (Å²) in [6.45, 7) is 5.77. The summed E-state index contributed by atoms with van der Waals surface area (Å²) in [5.41, 5.74) is 1.86. The highest BCUT2D eigenvalue weighted by Crippen LogP contribution is 2.30. The molecule has 0 spiro atoms. The highest BCUT2D eigenvalue weighted by molar-refractivity contribution is 8.00. The van der Waals surface area contributed by atoms with Crippen LogP contribution in [-0.2, 0) is 4.79 Å². The third-order valence-corrected chi connectivity index (χ3v) is 5.12. The van der Waals surface area contributed by atoms with Crippen LogP contribution in [0.3, 0.4) is 0 Å². The van der Waals surface area contributed by atoms with Crippen LogP contribution in [0, 0.1) is 0 Å². The number of hydrogen-bond donors (Lipinski definition) is 1. The van der Waals surface area contributed by atoms with E-state index in [2.05, 4.69) is 15.5 Å². The highest BCUT2D eigenvalue weighted by Gasteiger charge is 2.22. The molecule has 1 amide bonds. The molecular weight excluding hydrogens is 372 g/mol. The van der Waals surface area contributed by atoms with Gasteiger partial charge in [-0.15, -0.1) is 10.2 Å². The van der Waals surface area contributed by atoms with Crippen molar-refractivity contribution in [1.82, 2.24) is 20.1 Å². The van der Waals surface area contributed by atoms with E-state index in [1.54, 1.807) is 7.11 Å². The van der Waals surface area contributed by atoms with Crippen LogP contribution in [0.2, 0.25) is 0 Å². The second kappa shape index (κ2) is 8.93. The van der Waals surface area contributed by atoms with Crippen molar-refractivity contribution >= 4 is 17.7 Å². The third kappa shape index (κ3) is 4.54. The molecule has 1 heterocycles. The minimum Gasteiger partial charge on any atom is -0.497 e. The Balaban J connectivity index is 1.99. The summed E-state index contributed by atoms with van der Waals surface area (Å²) in [6, 6.07) is 17.7. The summed E-state index contributed by atoms with van der Waals surface area (Å²) in [5, 5.41) is 12.1. The number of ether oxygens (including phenoxy) is 1. The van der Waals surface area contributed by atoms with Gasteiger partial charge in [-0.05, 0) is 57.2 Å². The van der Waals surface area contributed by atoms with Gasteiger partial charge in [-0.2, -0.15) is 0 Å². The number of carbonyl (C=O) groups is 1. The second-order valence-electron chi connectivity index (χ2n) is 6.63. The van der Waals surface area contributed by atoms with Gasteiger partial charge < -0.3 is 10.1 Å². The lowest BCUT2D eigenvalue weighted by Gasteiger charge is -2.15. The predicted octanol–water partition coefficient (Wildman–Crippen LogP) is 3.95. The molecule has 6 nitrogen and oxygen atoms in total. The van der Waals surface area contributed by atoms with Crippen LogP contribution >= 0.6 is 11.8 Å². The molecule has 0 saturated heterocycles. The second-order valence-corrected chi connectivity index (χ2v) is 7.94. The van der Waals surface area contributed by atoms with Crippen molar-refractivity contribution in [2.75, 3.05) is 7.11 Å². The standard InChI is InChI=1S/C21H24N4O2S/c1-14(2)22-20(26)15(3)28-21-24-23-19(16-10-12-18(27-4)13-11-16)25(21)17-8-6-5-7-9-17/h5-15H,1-4H3,(H,22,26). The number of benzene rings is 2. The Kier molecular flexibility index (Phi) is 6.36. The maximum atomic E-state index is 12.3. The molecule has 3 rings (SSSR count). The van der Waals surface area contributed by atoms with Gasteiger partial charge in [0.25, 0.3) is 0 Å². The van der Waals surface area contributed by atoms with Gasteiger partial charge in [0.2, 0.25) is 5.91 Å². The molecule has 1 unspecified atom stereocenters. The Morgan fingerprint density at radius 2 is 1.71 bits per heavy atom. The van der Waals surface area contributed by atoms with Crippen molar-refractivity contribution < 1.29 is 9.53 Å². The number of rotatable bonds is 7. The molecule has 1 atom stereocenters. The molecule has 0 aliphatic rings. The number of hydrogen-bond acceptors (Lipinski definition) is 5. The maximum absolute atomic E-state index is 12.3. The lowest BCUT2D eigenvalue weighted by molar-refractivity contribution is -0.120. The fourth-order valence-corrected chi connectivity index (χ4v) is 3.57. The van der Waals surface area contributed by atoms with Gasteiger partial charge in [0.1, 0.15) is 5.75 Å². The average Bonchev–Trinajstić information content (AvgIpc) is 3.11. The van der Waals surface area contributed by atoms with Crippen molar-refractivity contribution in [3.8, 4) is 22.8 Å². The number of thioether (sulfide) groups is 1. The molecule has 146 valence electrons. The fraction of sp³-hybridized carbons (Fsp3) is 0.286. The Labute approximate surface area is 169 Å². The molecule has 0 saturated carbocycles. The van der Waals surface area contributed by atoms with Crippen molar-refractivity contribution in [1.29, 1.82) is 0 Å². The number of aromatic nitrogens is 3. The SMILES string of the molecule is COc1ccc(-c2nnc(SC(C)C(=O)NC(C)C)n2-c2ccccc2)cc1. The first-order valence-corrected chi connectivity index (χ1v) is 10.00.